The molecular weight excluding hydrogens is 464 g/mol. The predicted molar refractivity (Wildman–Crippen MR) is 119 cm³/mol. The lowest BCUT2D eigenvalue weighted by Gasteiger charge is -2.42. The van der Waals surface area contributed by atoms with Gasteiger partial charge in [-0.3, -0.25) is 9.59 Å². The van der Waals surface area contributed by atoms with Gasteiger partial charge in [0, 0.05) is 48.8 Å². The molecule has 0 saturated carbocycles. The normalized spacial score (nSPS) is 19.9. The number of piperidine rings is 1. The zero-order chi connectivity index (χ0) is 21.7. The maximum absolute atomic E-state index is 12.9. The molecular formula is C23H21BrN2O5. The standard InChI is InChI=1S/C23H21BrN2O5/c1-13-17-6-5-16(8-19(17)31-23(29)22(13)24)30-12-21(28)25-9-14-7-15(11-25)18-3-2-4-20(27)26(18)10-14/h2-6,8,14-15H,7,9-12H2,1H3/t14-,15-/m1/s1. The first kappa shape index (κ1) is 20.1. The van der Waals surface area contributed by atoms with E-state index >= 15 is 0 Å². The number of benzene rings is 1. The molecule has 2 aliphatic rings. The third-order valence-corrected chi connectivity index (χ3v) is 7.18. The van der Waals surface area contributed by atoms with Crippen LogP contribution in [-0.2, 0) is 11.3 Å². The minimum Gasteiger partial charge on any atom is -0.484 e. The van der Waals surface area contributed by atoms with Crippen molar-refractivity contribution < 1.29 is 13.9 Å². The van der Waals surface area contributed by atoms with Gasteiger partial charge in [0.25, 0.3) is 11.5 Å². The topological polar surface area (TPSA) is 81.8 Å². The van der Waals surface area contributed by atoms with Gasteiger partial charge in [0.2, 0.25) is 0 Å². The highest BCUT2D eigenvalue weighted by Crippen LogP contribution is 2.35. The smallest absolute Gasteiger partial charge is 0.350 e. The fourth-order valence-electron chi connectivity index (χ4n) is 4.74. The lowest BCUT2D eigenvalue weighted by molar-refractivity contribution is -0.136. The number of amides is 1. The van der Waals surface area contributed by atoms with E-state index in [0.29, 0.717) is 35.4 Å². The number of pyridine rings is 1. The third-order valence-electron chi connectivity index (χ3n) is 6.26. The molecule has 160 valence electrons. The number of halogens is 1. The maximum Gasteiger partial charge on any atom is 0.350 e. The van der Waals surface area contributed by atoms with Crippen LogP contribution < -0.4 is 15.9 Å². The number of aryl methyl sites for hydroxylation is 1. The van der Waals surface area contributed by atoms with Gasteiger partial charge in [-0.15, -0.1) is 0 Å². The van der Waals surface area contributed by atoms with Crippen LogP contribution in [0.25, 0.3) is 11.0 Å². The fraction of sp³-hybridized carbons (Fsp3) is 0.348. The molecule has 7 nitrogen and oxygen atoms in total. The number of likely N-dealkylation sites (tertiary alicyclic amines) is 1. The number of rotatable bonds is 3. The average Bonchev–Trinajstić information content (AvgIpc) is 2.76. The summed E-state index contributed by atoms with van der Waals surface area (Å²) in [7, 11) is 0. The second kappa shape index (κ2) is 7.67. The number of hydrogen-bond acceptors (Lipinski definition) is 5. The van der Waals surface area contributed by atoms with E-state index in [2.05, 4.69) is 15.9 Å². The van der Waals surface area contributed by atoms with Crippen molar-refractivity contribution in [2.24, 2.45) is 5.92 Å². The number of ether oxygens (including phenoxy) is 1. The highest BCUT2D eigenvalue weighted by Gasteiger charge is 2.36. The molecule has 2 aliphatic heterocycles. The fourth-order valence-corrected chi connectivity index (χ4v) is 5.03. The van der Waals surface area contributed by atoms with Crippen LogP contribution in [0.5, 0.6) is 5.75 Å². The lowest BCUT2D eigenvalue weighted by atomic mass is 9.83. The van der Waals surface area contributed by atoms with E-state index in [4.69, 9.17) is 9.15 Å². The molecule has 2 aromatic heterocycles. The lowest BCUT2D eigenvalue weighted by Crippen LogP contribution is -2.50. The van der Waals surface area contributed by atoms with E-state index in [1.807, 2.05) is 28.5 Å². The van der Waals surface area contributed by atoms with E-state index in [1.165, 1.54) is 0 Å². The van der Waals surface area contributed by atoms with Gasteiger partial charge in [-0.05, 0) is 59.0 Å². The summed E-state index contributed by atoms with van der Waals surface area (Å²) in [5.74, 6) is 0.822. The van der Waals surface area contributed by atoms with Crippen molar-refractivity contribution in [1.29, 1.82) is 0 Å². The Kier molecular flexibility index (Phi) is 4.97. The first-order valence-corrected chi connectivity index (χ1v) is 11.0. The monoisotopic (exact) mass is 484 g/mol. The second-order valence-corrected chi connectivity index (χ2v) is 9.07. The van der Waals surface area contributed by atoms with Crippen LogP contribution in [0.1, 0.15) is 23.6 Å². The summed E-state index contributed by atoms with van der Waals surface area (Å²) in [5, 5.41) is 0.808. The van der Waals surface area contributed by atoms with Crippen molar-refractivity contribution >= 4 is 32.8 Å². The Bertz CT molecular complexity index is 1310. The first-order valence-electron chi connectivity index (χ1n) is 10.2. The number of hydrogen-bond donors (Lipinski definition) is 0. The number of carbonyl (C=O) groups is 1. The number of fused-ring (bicyclic) bond motifs is 5. The van der Waals surface area contributed by atoms with E-state index in [9.17, 15) is 14.4 Å². The van der Waals surface area contributed by atoms with Crippen molar-refractivity contribution in [1.82, 2.24) is 9.47 Å². The number of carbonyl (C=O) groups excluding carboxylic acids is 1. The minimum absolute atomic E-state index is 0.0283. The SMILES string of the molecule is Cc1c(Br)c(=O)oc2cc(OCC(=O)N3C[C@H]4C[C@H](C3)c3cccc(=O)n3C4)ccc12. The van der Waals surface area contributed by atoms with Crippen LogP contribution in [0.2, 0.25) is 0 Å². The van der Waals surface area contributed by atoms with Crippen LogP contribution in [0.15, 0.2) is 54.9 Å². The third kappa shape index (κ3) is 3.59. The summed E-state index contributed by atoms with van der Waals surface area (Å²) in [6, 6.07) is 10.6. The summed E-state index contributed by atoms with van der Waals surface area (Å²) >= 11 is 3.24. The molecule has 3 aromatic rings. The van der Waals surface area contributed by atoms with Gasteiger partial charge in [0.1, 0.15) is 15.8 Å². The molecule has 4 heterocycles. The largest absolute Gasteiger partial charge is 0.484 e. The van der Waals surface area contributed by atoms with Crippen molar-refractivity contribution in [3.05, 3.63) is 72.9 Å². The summed E-state index contributed by atoms with van der Waals surface area (Å²) in [6.07, 6.45) is 0.993. The predicted octanol–water partition coefficient (Wildman–Crippen LogP) is 3.05. The molecule has 0 radical (unpaired) electrons. The van der Waals surface area contributed by atoms with Gasteiger partial charge in [0.15, 0.2) is 6.61 Å². The van der Waals surface area contributed by atoms with Crippen LogP contribution in [0.4, 0.5) is 0 Å². The van der Waals surface area contributed by atoms with Crippen LogP contribution in [0.3, 0.4) is 0 Å². The Balaban J connectivity index is 1.30. The maximum atomic E-state index is 12.9. The van der Waals surface area contributed by atoms with Gasteiger partial charge in [-0.25, -0.2) is 4.79 Å². The van der Waals surface area contributed by atoms with Crippen molar-refractivity contribution in [3.63, 3.8) is 0 Å². The second-order valence-electron chi connectivity index (χ2n) is 8.27. The number of aromatic nitrogens is 1. The molecule has 0 aliphatic carbocycles. The van der Waals surface area contributed by atoms with Gasteiger partial charge < -0.3 is 18.6 Å². The van der Waals surface area contributed by atoms with Gasteiger partial charge in [-0.2, -0.15) is 0 Å². The molecule has 1 fully saturated rings. The Hall–Kier alpha value is -2.87. The molecule has 0 unspecified atom stereocenters. The Labute approximate surface area is 186 Å². The molecule has 2 bridgehead atoms. The molecule has 1 saturated heterocycles. The van der Waals surface area contributed by atoms with Crippen molar-refractivity contribution in [2.75, 3.05) is 19.7 Å². The van der Waals surface area contributed by atoms with Crippen molar-refractivity contribution in [2.45, 2.75) is 25.8 Å². The summed E-state index contributed by atoms with van der Waals surface area (Å²) in [5.41, 5.74) is 1.81. The quantitative estimate of drug-likeness (QED) is 0.533. The zero-order valence-corrected chi connectivity index (χ0v) is 18.6. The van der Waals surface area contributed by atoms with Gasteiger partial charge >= 0.3 is 5.63 Å². The minimum atomic E-state index is -0.447. The molecule has 1 amide bonds. The highest BCUT2D eigenvalue weighted by molar-refractivity contribution is 9.10. The molecule has 1 aromatic carbocycles. The average molecular weight is 485 g/mol. The molecule has 0 spiro atoms. The van der Waals surface area contributed by atoms with Crippen LogP contribution >= 0.6 is 15.9 Å². The molecule has 31 heavy (non-hydrogen) atoms. The number of nitrogens with zero attached hydrogens (tertiary/aromatic N) is 2. The van der Waals surface area contributed by atoms with E-state index in [0.717, 1.165) is 23.1 Å². The summed E-state index contributed by atoms with van der Waals surface area (Å²) in [6.45, 7) is 3.61. The van der Waals surface area contributed by atoms with E-state index in [1.54, 1.807) is 24.3 Å². The summed E-state index contributed by atoms with van der Waals surface area (Å²) < 4.78 is 13.3. The van der Waals surface area contributed by atoms with Crippen LogP contribution in [-0.4, -0.2) is 35.1 Å². The van der Waals surface area contributed by atoms with Gasteiger partial charge in [-0.1, -0.05) is 6.07 Å². The summed E-state index contributed by atoms with van der Waals surface area (Å²) in [4.78, 5) is 38.7. The van der Waals surface area contributed by atoms with E-state index < -0.39 is 5.63 Å². The highest BCUT2D eigenvalue weighted by atomic mass is 79.9. The Morgan fingerprint density at radius 3 is 2.87 bits per heavy atom. The Morgan fingerprint density at radius 2 is 2.03 bits per heavy atom. The van der Waals surface area contributed by atoms with E-state index in [-0.39, 0.29) is 29.9 Å². The molecule has 2 atom stereocenters. The molecule has 5 rings (SSSR count). The molecule has 0 N–H and O–H groups in total. The zero-order valence-electron chi connectivity index (χ0n) is 17.0. The van der Waals surface area contributed by atoms with Gasteiger partial charge in [0.05, 0.1) is 0 Å². The van der Waals surface area contributed by atoms with Crippen LogP contribution in [0, 0.1) is 12.8 Å². The Morgan fingerprint density at radius 1 is 1.19 bits per heavy atom. The first-order chi connectivity index (χ1) is 14.9. The van der Waals surface area contributed by atoms with Crippen molar-refractivity contribution in [3.8, 4) is 5.75 Å². The molecule has 8 heteroatoms.